The first-order valence-electron chi connectivity index (χ1n) is 8.98. The average molecular weight is 416 g/mol. The number of unbranched alkanes of at least 4 members (excludes halogenated alkanes) is 2. The van der Waals surface area contributed by atoms with E-state index in [1.165, 1.54) is 0 Å². The van der Waals surface area contributed by atoms with Gasteiger partial charge in [-0.3, -0.25) is 9.59 Å². The Morgan fingerprint density at radius 2 is 1.81 bits per heavy atom. The van der Waals surface area contributed by atoms with Crippen molar-refractivity contribution in [1.82, 2.24) is 4.57 Å². The normalized spacial score (nSPS) is 11.2. The van der Waals surface area contributed by atoms with Gasteiger partial charge in [0.25, 0.3) is 0 Å². The molecule has 136 valence electrons. The largest absolute Gasteiger partial charge is 0.466 e. The van der Waals surface area contributed by atoms with Crippen LogP contribution in [0.15, 0.2) is 51.7 Å². The van der Waals surface area contributed by atoms with Gasteiger partial charge in [0.2, 0.25) is 0 Å². The van der Waals surface area contributed by atoms with Crippen LogP contribution in [0.1, 0.15) is 32.6 Å². The number of hydrogen-bond acceptors (Lipinski definition) is 3. The lowest BCUT2D eigenvalue weighted by Gasteiger charge is -2.15. The molecule has 1 heterocycles. The third-order valence-electron chi connectivity index (χ3n) is 4.50. The van der Waals surface area contributed by atoms with Crippen LogP contribution in [0.4, 0.5) is 0 Å². The molecule has 0 amide bonds. The number of rotatable bonds is 7. The highest BCUT2D eigenvalue weighted by Crippen LogP contribution is 2.23. The van der Waals surface area contributed by atoms with Crippen molar-refractivity contribution >= 4 is 43.7 Å². The van der Waals surface area contributed by atoms with E-state index in [4.69, 9.17) is 4.74 Å². The van der Waals surface area contributed by atoms with Crippen LogP contribution in [0, 0.1) is 0 Å². The molecule has 3 rings (SSSR count). The van der Waals surface area contributed by atoms with Crippen molar-refractivity contribution in [3.63, 3.8) is 0 Å². The molecule has 0 spiro atoms. The zero-order valence-corrected chi connectivity index (χ0v) is 16.4. The molecule has 0 aliphatic carbocycles. The van der Waals surface area contributed by atoms with E-state index in [1.807, 2.05) is 49.4 Å². The van der Waals surface area contributed by atoms with Crippen molar-refractivity contribution in [2.75, 3.05) is 6.61 Å². The summed E-state index contributed by atoms with van der Waals surface area (Å²) in [5, 5.41) is 1.47. The summed E-state index contributed by atoms with van der Waals surface area (Å²) in [5.74, 6) is -0.128. The number of fused-ring (bicyclic) bond motifs is 2. The first kappa shape index (κ1) is 18.6. The van der Waals surface area contributed by atoms with Crippen molar-refractivity contribution in [2.24, 2.45) is 0 Å². The minimum atomic E-state index is -0.128. The number of nitrogens with zero attached hydrogens (tertiary/aromatic N) is 1. The molecule has 26 heavy (non-hydrogen) atoms. The van der Waals surface area contributed by atoms with E-state index in [-0.39, 0.29) is 11.4 Å². The van der Waals surface area contributed by atoms with Gasteiger partial charge in [-0.25, -0.2) is 0 Å². The van der Waals surface area contributed by atoms with Crippen LogP contribution >= 0.6 is 15.9 Å². The highest BCUT2D eigenvalue weighted by molar-refractivity contribution is 9.10. The summed E-state index contributed by atoms with van der Waals surface area (Å²) in [6.45, 7) is 3.06. The third kappa shape index (κ3) is 3.98. The second-order valence-electron chi connectivity index (χ2n) is 6.28. The van der Waals surface area contributed by atoms with E-state index in [0.29, 0.717) is 13.0 Å². The van der Waals surface area contributed by atoms with Crippen LogP contribution in [0.5, 0.6) is 0 Å². The van der Waals surface area contributed by atoms with Crippen LogP contribution < -0.4 is 5.43 Å². The summed E-state index contributed by atoms with van der Waals surface area (Å²) in [7, 11) is 0. The molecule has 2 aromatic carbocycles. The lowest BCUT2D eigenvalue weighted by Crippen LogP contribution is -2.12. The van der Waals surface area contributed by atoms with E-state index in [2.05, 4.69) is 20.5 Å². The van der Waals surface area contributed by atoms with Crippen molar-refractivity contribution in [1.29, 1.82) is 0 Å². The van der Waals surface area contributed by atoms with Gasteiger partial charge in [0, 0.05) is 28.2 Å². The summed E-state index contributed by atoms with van der Waals surface area (Å²) >= 11 is 3.46. The molecule has 5 heteroatoms. The zero-order chi connectivity index (χ0) is 18.5. The number of hydrogen-bond donors (Lipinski definition) is 0. The number of halogens is 1. The van der Waals surface area contributed by atoms with E-state index < -0.39 is 0 Å². The molecule has 0 bridgehead atoms. The number of carbonyl (C=O) groups excluding carboxylic acids is 1. The Bertz CT molecular complexity index is 994. The molecule has 0 atom stereocenters. The van der Waals surface area contributed by atoms with E-state index in [0.717, 1.165) is 52.1 Å². The predicted octanol–water partition coefficient (Wildman–Crippen LogP) is 5.04. The van der Waals surface area contributed by atoms with Gasteiger partial charge in [0.1, 0.15) is 0 Å². The second-order valence-corrected chi connectivity index (χ2v) is 7.19. The number of para-hydroxylation sites is 1. The molecule has 0 saturated heterocycles. The Balaban J connectivity index is 1.85. The summed E-state index contributed by atoms with van der Waals surface area (Å²) in [5.41, 5.74) is 1.97. The second kappa shape index (κ2) is 8.49. The van der Waals surface area contributed by atoms with Gasteiger partial charge in [-0.05, 0) is 50.1 Å². The quantitative estimate of drug-likeness (QED) is 0.308. The summed E-state index contributed by atoms with van der Waals surface area (Å²) in [4.78, 5) is 24.2. The lowest BCUT2D eigenvalue weighted by molar-refractivity contribution is -0.143. The number of carbonyl (C=O) groups is 1. The molecule has 0 aliphatic rings. The minimum absolute atomic E-state index is 0.0652. The fourth-order valence-electron chi connectivity index (χ4n) is 3.29. The van der Waals surface area contributed by atoms with E-state index in [9.17, 15) is 9.59 Å². The Labute approximate surface area is 160 Å². The number of esters is 1. The van der Waals surface area contributed by atoms with Gasteiger partial charge in [0.05, 0.1) is 17.6 Å². The summed E-state index contributed by atoms with van der Waals surface area (Å²) in [6, 6.07) is 13.6. The number of benzene rings is 2. The third-order valence-corrected chi connectivity index (χ3v) is 4.99. The molecule has 0 saturated carbocycles. The zero-order valence-electron chi connectivity index (χ0n) is 14.8. The molecule has 0 fully saturated rings. The molecule has 0 aliphatic heterocycles. The van der Waals surface area contributed by atoms with Gasteiger partial charge < -0.3 is 9.30 Å². The van der Waals surface area contributed by atoms with Crippen molar-refractivity contribution < 1.29 is 9.53 Å². The lowest BCUT2D eigenvalue weighted by atomic mass is 10.1. The summed E-state index contributed by atoms with van der Waals surface area (Å²) < 4.78 is 8.08. The van der Waals surface area contributed by atoms with Crippen LogP contribution in [0.25, 0.3) is 21.8 Å². The van der Waals surface area contributed by atoms with Crippen molar-refractivity contribution in [2.45, 2.75) is 39.2 Å². The van der Waals surface area contributed by atoms with Gasteiger partial charge in [-0.2, -0.15) is 0 Å². The molecule has 0 radical (unpaired) electrons. The molecular formula is C21H22BrNO3. The van der Waals surface area contributed by atoms with Crippen LogP contribution in [0.3, 0.4) is 0 Å². The maximum absolute atomic E-state index is 12.8. The predicted molar refractivity (Wildman–Crippen MR) is 109 cm³/mol. The SMILES string of the molecule is CCOC(=O)CCCCCn1c2ccccc2c(=O)c2cc(Br)ccc21. The van der Waals surface area contributed by atoms with Gasteiger partial charge in [-0.15, -0.1) is 0 Å². The topological polar surface area (TPSA) is 48.3 Å². The molecule has 4 nitrogen and oxygen atoms in total. The monoisotopic (exact) mass is 415 g/mol. The molecule has 3 aromatic rings. The number of pyridine rings is 1. The molecule has 1 aromatic heterocycles. The van der Waals surface area contributed by atoms with Crippen LogP contribution in [-0.4, -0.2) is 17.1 Å². The van der Waals surface area contributed by atoms with Crippen LogP contribution in [-0.2, 0) is 16.1 Å². The van der Waals surface area contributed by atoms with Crippen molar-refractivity contribution in [3.8, 4) is 0 Å². The Morgan fingerprint density at radius 1 is 1.04 bits per heavy atom. The Morgan fingerprint density at radius 3 is 2.62 bits per heavy atom. The maximum Gasteiger partial charge on any atom is 0.305 e. The minimum Gasteiger partial charge on any atom is -0.466 e. The van der Waals surface area contributed by atoms with Crippen molar-refractivity contribution in [3.05, 3.63) is 57.2 Å². The highest BCUT2D eigenvalue weighted by atomic mass is 79.9. The van der Waals surface area contributed by atoms with Crippen LogP contribution in [0.2, 0.25) is 0 Å². The molecular weight excluding hydrogens is 394 g/mol. The first-order chi connectivity index (χ1) is 12.6. The van der Waals surface area contributed by atoms with Gasteiger partial charge >= 0.3 is 5.97 Å². The average Bonchev–Trinajstić information content (AvgIpc) is 2.64. The standard InChI is InChI=1S/C21H22BrNO3/c1-2-26-20(24)10-4-3-7-13-23-18-9-6-5-8-16(18)21(25)17-14-15(22)11-12-19(17)23/h5-6,8-9,11-12,14H,2-4,7,10,13H2,1H3. The fraction of sp³-hybridized carbons (Fsp3) is 0.333. The highest BCUT2D eigenvalue weighted by Gasteiger charge is 2.11. The van der Waals surface area contributed by atoms with Gasteiger partial charge in [0.15, 0.2) is 5.43 Å². The first-order valence-corrected chi connectivity index (χ1v) is 9.77. The number of aryl methyl sites for hydroxylation is 1. The smallest absolute Gasteiger partial charge is 0.305 e. The molecule has 0 N–H and O–H groups in total. The number of ether oxygens (including phenoxy) is 1. The Hall–Kier alpha value is -2.14. The van der Waals surface area contributed by atoms with Gasteiger partial charge in [-0.1, -0.05) is 34.5 Å². The van der Waals surface area contributed by atoms with E-state index in [1.54, 1.807) is 0 Å². The number of aromatic nitrogens is 1. The van der Waals surface area contributed by atoms with E-state index >= 15 is 0 Å². The fourth-order valence-corrected chi connectivity index (χ4v) is 3.65. The maximum atomic E-state index is 12.8. The summed E-state index contributed by atoms with van der Waals surface area (Å²) in [6.07, 6.45) is 3.17. The Kier molecular flexibility index (Phi) is 6.09. The molecule has 0 unspecified atom stereocenters.